The number of fused-ring (bicyclic) bond motifs is 2. The first-order chi connectivity index (χ1) is 22.6. The molecule has 1 amide bonds. The largest absolute Gasteiger partial charge is 0.481 e. The topological polar surface area (TPSA) is 119 Å². The Morgan fingerprint density at radius 3 is 2.33 bits per heavy atom. The summed E-state index contributed by atoms with van der Waals surface area (Å²) >= 11 is 0. The highest BCUT2D eigenvalue weighted by atomic mass is 19.4. The first-order valence-electron chi connectivity index (χ1n) is 15.0. The van der Waals surface area contributed by atoms with E-state index in [1.807, 2.05) is 6.92 Å². The number of nitrogens with zero attached hydrogens (tertiary/aromatic N) is 5. The maximum atomic E-state index is 13.7. The van der Waals surface area contributed by atoms with E-state index < -0.39 is 48.0 Å². The lowest BCUT2D eigenvalue weighted by Gasteiger charge is -2.39. The van der Waals surface area contributed by atoms with Crippen LogP contribution in [0.4, 0.5) is 48.6 Å². The van der Waals surface area contributed by atoms with Gasteiger partial charge >= 0.3 is 24.4 Å². The summed E-state index contributed by atoms with van der Waals surface area (Å²) in [6.07, 6.45) is -10.5. The molecule has 258 valence electrons. The Morgan fingerprint density at radius 2 is 1.73 bits per heavy atom. The molecule has 11 nitrogen and oxygen atoms in total. The van der Waals surface area contributed by atoms with Crippen LogP contribution in [0, 0.1) is 0 Å². The molecular formula is C31H32F6N6O5. The van der Waals surface area contributed by atoms with E-state index in [1.165, 1.54) is 12.0 Å². The number of esters is 1. The molecule has 4 heterocycles. The Labute approximate surface area is 271 Å². The number of carbonyl (C=O) groups excluding carboxylic acids is 2. The third-order valence-electron chi connectivity index (χ3n) is 8.00. The quantitative estimate of drug-likeness (QED) is 0.221. The third kappa shape index (κ3) is 7.04. The van der Waals surface area contributed by atoms with Gasteiger partial charge in [0.05, 0.1) is 54.5 Å². The van der Waals surface area contributed by atoms with Crippen molar-refractivity contribution in [3.8, 4) is 5.88 Å². The van der Waals surface area contributed by atoms with Gasteiger partial charge in [0, 0.05) is 25.6 Å². The first kappa shape index (κ1) is 34.5. The number of ether oxygens (including phenoxy) is 3. The van der Waals surface area contributed by atoms with Crippen LogP contribution in [0.5, 0.6) is 5.88 Å². The van der Waals surface area contributed by atoms with Crippen molar-refractivity contribution in [1.29, 1.82) is 0 Å². The predicted molar refractivity (Wildman–Crippen MR) is 160 cm³/mol. The van der Waals surface area contributed by atoms with Gasteiger partial charge < -0.3 is 24.4 Å². The van der Waals surface area contributed by atoms with Crippen molar-refractivity contribution in [3.63, 3.8) is 0 Å². The fourth-order valence-corrected chi connectivity index (χ4v) is 5.72. The second-order valence-corrected chi connectivity index (χ2v) is 11.2. The van der Waals surface area contributed by atoms with Crippen LogP contribution < -0.4 is 19.9 Å². The second kappa shape index (κ2) is 13.4. The SMILES string of the molecule is CCOC(=O)N1c2ccc(OC)nc2[C@@H](Nc2nc(Cc3cc(C(F)(F)F)cc(C(F)(F)F)c3)c3c(n2)N(C)CCOC3=O)C[C@H]1CC. The van der Waals surface area contributed by atoms with Gasteiger partial charge in [-0.1, -0.05) is 6.92 Å². The summed E-state index contributed by atoms with van der Waals surface area (Å²) in [5.41, 5.74) is -2.90. The number of rotatable bonds is 7. The molecule has 48 heavy (non-hydrogen) atoms. The number of likely N-dealkylation sites (N-methyl/N-ethyl adjacent to an activating group) is 1. The summed E-state index contributed by atoms with van der Waals surface area (Å²) < 4.78 is 97.9. The molecule has 3 aromatic rings. The lowest BCUT2D eigenvalue weighted by molar-refractivity contribution is -0.143. The molecule has 1 aromatic carbocycles. The maximum absolute atomic E-state index is 13.7. The maximum Gasteiger partial charge on any atom is 0.416 e. The van der Waals surface area contributed by atoms with E-state index in [-0.39, 0.29) is 66.3 Å². The fourth-order valence-electron chi connectivity index (χ4n) is 5.72. The van der Waals surface area contributed by atoms with Crippen molar-refractivity contribution in [2.24, 2.45) is 0 Å². The molecule has 0 bridgehead atoms. The molecule has 17 heteroatoms. The van der Waals surface area contributed by atoms with Crippen LogP contribution in [-0.4, -0.2) is 67.0 Å². The molecule has 0 saturated carbocycles. The van der Waals surface area contributed by atoms with Crippen LogP contribution >= 0.6 is 0 Å². The third-order valence-corrected chi connectivity index (χ3v) is 8.00. The Kier molecular flexibility index (Phi) is 9.60. The van der Waals surface area contributed by atoms with Crippen LogP contribution in [0.25, 0.3) is 0 Å². The number of cyclic esters (lactones) is 1. The molecular weight excluding hydrogens is 650 g/mol. The Balaban J connectivity index is 1.63. The lowest BCUT2D eigenvalue weighted by atomic mass is 9.93. The van der Waals surface area contributed by atoms with Gasteiger partial charge in [-0.15, -0.1) is 0 Å². The molecule has 2 aliphatic heterocycles. The van der Waals surface area contributed by atoms with Gasteiger partial charge in [0.2, 0.25) is 11.8 Å². The highest BCUT2D eigenvalue weighted by Gasteiger charge is 2.40. The summed E-state index contributed by atoms with van der Waals surface area (Å²) in [6, 6.07) is 3.44. The van der Waals surface area contributed by atoms with E-state index in [9.17, 15) is 35.9 Å². The van der Waals surface area contributed by atoms with E-state index in [0.29, 0.717) is 36.4 Å². The number of carbonyl (C=O) groups is 2. The smallest absolute Gasteiger partial charge is 0.416 e. The molecule has 0 radical (unpaired) electrons. The number of alkyl halides is 6. The van der Waals surface area contributed by atoms with Crippen molar-refractivity contribution in [2.75, 3.05) is 49.0 Å². The summed E-state index contributed by atoms with van der Waals surface area (Å²) in [4.78, 5) is 42.8. The molecule has 0 unspecified atom stereocenters. The predicted octanol–water partition coefficient (Wildman–Crippen LogP) is 6.41. The van der Waals surface area contributed by atoms with Gasteiger partial charge in [-0.3, -0.25) is 4.90 Å². The van der Waals surface area contributed by atoms with E-state index >= 15 is 0 Å². The van der Waals surface area contributed by atoms with Gasteiger partial charge in [-0.05, 0) is 49.6 Å². The van der Waals surface area contributed by atoms with E-state index in [4.69, 9.17) is 14.2 Å². The molecule has 5 rings (SSSR count). The van der Waals surface area contributed by atoms with Gasteiger partial charge in [0.15, 0.2) is 0 Å². The monoisotopic (exact) mass is 682 g/mol. The van der Waals surface area contributed by atoms with E-state index in [1.54, 1.807) is 31.0 Å². The number of nitrogens with one attached hydrogen (secondary N) is 1. The number of hydrogen-bond acceptors (Lipinski definition) is 10. The Morgan fingerprint density at radius 1 is 1.04 bits per heavy atom. The highest BCUT2D eigenvalue weighted by molar-refractivity contribution is 5.97. The molecule has 0 spiro atoms. The summed E-state index contributed by atoms with van der Waals surface area (Å²) in [7, 11) is 3.03. The van der Waals surface area contributed by atoms with Crippen molar-refractivity contribution >= 4 is 29.5 Å². The van der Waals surface area contributed by atoms with Crippen LogP contribution in [0.15, 0.2) is 30.3 Å². The highest BCUT2D eigenvalue weighted by Crippen LogP contribution is 2.41. The summed E-state index contributed by atoms with van der Waals surface area (Å²) in [5, 5.41) is 3.19. The number of hydrogen-bond donors (Lipinski definition) is 1. The standard InChI is InChI=1S/C31H32F6N6O5/c1-5-19-15-21(25-22(7-8-23(40-25)46-4)43(19)29(45)47-6-2)39-28-38-20(24-26(41-28)42(3)9-10-48-27(24)44)13-16-11-17(30(32,33)34)14-18(12-16)31(35,36)37/h7-8,11-12,14,19,21H,5-6,9-10,13,15H2,1-4H3,(H,38,39,41)/t19-,21+/m1/s1. The lowest BCUT2D eigenvalue weighted by Crippen LogP contribution is -2.46. The van der Waals surface area contributed by atoms with E-state index in [0.717, 1.165) is 0 Å². The molecule has 0 fully saturated rings. The van der Waals surface area contributed by atoms with E-state index in [2.05, 4.69) is 20.3 Å². The van der Waals surface area contributed by atoms with Crippen LogP contribution in [0.1, 0.15) is 71.2 Å². The number of pyridine rings is 1. The Bertz CT molecular complexity index is 1670. The normalized spacial score (nSPS) is 18.0. The minimum Gasteiger partial charge on any atom is -0.481 e. The van der Waals surface area contributed by atoms with Crippen molar-refractivity contribution in [1.82, 2.24) is 15.0 Å². The van der Waals surface area contributed by atoms with Crippen molar-refractivity contribution in [3.05, 3.63) is 64.0 Å². The molecule has 0 aliphatic carbocycles. The molecule has 2 aliphatic rings. The zero-order chi connectivity index (χ0) is 35.0. The zero-order valence-electron chi connectivity index (χ0n) is 26.3. The van der Waals surface area contributed by atoms with Crippen LogP contribution in [0.2, 0.25) is 0 Å². The second-order valence-electron chi connectivity index (χ2n) is 11.2. The number of benzene rings is 1. The molecule has 2 aromatic heterocycles. The number of amides is 1. The average molecular weight is 683 g/mol. The van der Waals surface area contributed by atoms with Gasteiger partial charge in [-0.2, -0.15) is 31.3 Å². The van der Waals surface area contributed by atoms with Crippen molar-refractivity contribution < 1.29 is 50.1 Å². The summed E-state index contributed by atoms with van der Waals surface area (Å²) in [5.74, 6) is -0.629. The number of aromatic nitrogens is 3. The number of anilines is 3. The number of halogens is 6. The minimum absolute atomic E-state index is 0.0323. The molecule has 0 saturated heterocycles. The van der Waals surface area contributed by atoms with Crippen LogP contribution in [-0.2, 0) is 28.2 Å². The number of methoxy groups -OCH3 is 1. The Hall–Kier alpha value is -4.83. The van der Waals surface area contributed by atoms with Crippen LogP contribution in [0.3, 0.4) is 0 Å². The minimum atomic E-state index is -5.07. The van der Waals surface area contributed by atoms with Gasteiger partial charge in [0.1, 0.15) is 18.0 Å². The zero-order valence-corrected chi connectivity index (χ0v) is 26.3. The summed E-state index contributed by atoms with van der Waals surface area (Å²) in [6.45, 7) is 3.87. The molecule has 2 atom stereocenters. The molecule has 1 N–H and O–H groups in total. The fraction of sp³-hybridized carbons (Fsp3) is 0.452. The average Bonchev–Trinajstić information content (AvgIpc) is 3.17. The van der Waals surface area contributed by atoms with Gasteiger partial charge in [0.25, 0.3) is 0 Å². The van der Waals surface area contributed by atoms with Gasteiger partial charge in [-0.25, -0.2) is 19.6 Å². The van der Waals surface area contributed by atoms with Crippen molar-refractivity contribution in [2.45, 2.75) is 57.5 Å². The first-order valence-corrected chi connectivity index (χ1v) is 15.0.